The maximum absolute atomic E-state index is 12.4. The molecule has 2 aromatic heterocycles. The van der Waals surface area contributed by atoms with Gasteiger partial charge in [-0.15, -0.1) is 11.3 Å². The van der Waals surface area contributed by atoms with Gasteiger partial charge in [-0.1, -0.05) is 11.6 Å². The standard InChI is InChI=1S/C14H15ClN4O2S/c1-9-18-12(8-22-9)13(20)19-4-2-3-11(7-19)21-14-16-5-10(15)6-17-14/h5-6,8,11H,2-4,7H2,1H3/t11-/m0/s1. The molecule has 0 aliphatic carbocycles. The lowest BCUT2D eigenvalue weighted by Crippen LogP contribution is -2.44. The minimum Gasteiger partial charge on any atom is -0.458 e. The third kappa shape index (κ3) is 3.53. The summed E-state index contributed by atoms with van der Waals surface area (Å²) < 4.78 is 5.74. The Morgan fingerprint density at radius 1 is 1.45 bits per heavy atom. The molecule has 22 heavy (non-hydrogen) atoms. The number of piperidine rings is 1. The second-order valence-electron chi connectivity index (χ2n) is 5.07. The Morgan fingerprint density at radius 3 is 2.91 bits per heavy atom. The number of rotatable bonds is 3. The molecule has 3 rings (SSSR count). The van der Waals surface area contributed by atoms with Gasteiger partial charge in [0.2, 0.25) is 0 Å². The van der Waals surface area contributed by atoms with Crippen molar-refractivity contribution in [2.75, 3.05) is 13.1 Å². The van der Waals surface area contributed by atoms with Crippen molar-refractivity contribution in [3.63, 3.8) is 0 Å². The smallest absolute Gasteiger partial charge is 0.316 e. The van der Waals surface area contributed by atoms with Crippen LogP contribution in [0.4, 0.5) is 0 Å². The van der Waals surface area contributed by atoms with E-state index in [0.717, 1.165) is 24.4 Å². The second kappa shape index (κ2) is 6.58. The van der Waals surface area contributed by atoms with Crippen molar-refractivity contribution >= 4 is 28.8 Å². The molecule has 6 nitrogen and oxygen atoms in total. The molecule has 0 radical (unpaired) electrons. The van der Waals surface area contributed by atoms with Gasteiger partial charge in [-0.25, -0.2) is 15.0 Å². The van der Waals surface area contributed by atoms with E-state index in [0.29, 0.717) is 17.3 Å². The predicted octanol–water partition coefficient (Wildman–Crippen LogP) is 2.58. The van der Waals surface area contributed by atoms with E-state index < -0.39 is 0 Å². The SMILES string of the molecule is Cc1nc(C(=O)N2CCC[C@H](Oc3ncc(Cl)cn3)C2)cs1. The first-order chi connectivity index (χ1) is 10.6. The highest BCUT2D eigenvalue weighted by molar-refractivity contribution is 7.09. The van der Waals surface area contributed by atoms with Crippen molar-refractivity contribution in [1.82, 2.24) is 19.9 Å². The van der Waals surface area contributed by atoms with Crippen LogP contribution in [0.25, 0.3) is 0 Å². The third-order valence-electron chi connectivity index (χ3n) is 3.37. The van der Waals surface area contributed by atoms with Crippen LogP contribution >= 0.6 is 22.9 Å². The molecule has 8 heteroatoms. The van der Waals surface area contributed by atoms with Crippen LogP contribution in [-0.2, 0) is 0 Å². The summed E-state index contributed by atoms with van der Waals surface area (Å²) in [6.45, 7) is 3.12. The van der Waals surface area contributed by atoms with Crippen LogP contribution < -0.4 is 4.74 Å². The van der Waals surface area contributed by atoms with E-state index in [9.17, 15) is 4.79 Å². The maximum atomic E-state index is 12.4. The number of hydrogen-bond donors (Lipinski definition) is 0. The molecule has 0 bridgehead atoms. The molecule has 0 N–H and O–H groups in total. The van der Waals surface area contributed by atoms with Gasteiger partial charge in [0.1, 0.15) is 11.8 Å². The lowest BCUT2D eigenvalue weighted by atomic mass is 10.1. The summed E-state index contributed by atoms with van der Waals surface area (Å²) >= 11 is 7.23. The van der Waals surface area contributed by atoms with Gasteiger partial charge in [0.05, 0.1) is 29.0 Å². The van der Waals surface area contributed by atoms with Crippen LogP contribution in [-0.4, -0.2) is 45.0 Å². The van der Waals surface area contributed by atoms with Crippen LogP contribution in [0.5, 0.6) is 6.01 Å². The molecule has 0 unspecified atom stereocenters. The van der Waals surface area contributed by atoms with Crippen LogP contribution in [0.2, 0.25) is 5.02 Å². The molecule has 1 aliphatic rings. The van der Waals surface area contributed by atoms with Gasteiger partial charge in [0.25, 0.3) is 5.91 Å². The number of likely N-dealkylation sites (tertiary alicyclic amines) is 1. The highest BCUT2D eigenvalue weighted by Gasteiger charge is 2.27. The number of aromatic nitrogens is 3. The molecule has 0 aromatic carbocycles. The third-order valence-corrected chi connectivity index (χ3v) is 4.34. The molecule has 116 valence electrons. The lowest BCUT2D eigenvalue weighted by molar-refractivity contribution is 0.0511. The van der Waals surface area contributed by atoms with E-state index in [4.69, 9.17) is 16.3 Å². The topological polar surface area (TPSA) is 68.2 Å². The fourth-order valence-electron chi connectivity index (χ4n) is 2.35. The maximum Gasteiger partial charge on any atom is 0.316 e. The highest BCUT2D eigenvalue weighted by Crippen LogP contribution is 2.19. The number of carbonyl (C=O) groups is 1. The fraction of sp³-hybridized carbons (Fsp3) is 0.429. The van der Waals surface area contributed by atoms with E-state index in [1.807, 2.05) is 6.92 Å². The number of hydrogen-bond acceptors (Lipinski definition) is 6. The Morgan fingerprint density at radius 2 is 2.23 bits per heavy atom. The molecule has 1 fully saturated rings. The quantitative estimate of drug-likeness (QED) is 0.860. The van der Waals surface area contributed by atoms with E-state index in [1.54, 1.807) is 10.3 Å². The van der Waals surface area contributed by atoms with E-state index in [-0.39, 0.29) is 18.0 Å². The molecular formula is C14H15ClN4O2S. The zero-order chi connectivity index (χ0) is 15.5. The summed E-state index contributed by atoms with van der Waals surface area (Å²) in [5, 5.41) is 3.15. The van der Waals surface area contributed by atoms with Gasteiger partial charge in [-0.05, 0) is 19.8 Å². The number of carbonyl (C=O) groups excluding carboxylic acids is 1. The van der Waals surface area contributed by atoms with Crippen molar-refractivity contribution in [3.8, 4) is 6.01 Å². The van der Waals surface area contributed by atoms with E-state index in [2.05, 4.69) is 15.0 Å². The first kappa shape index (κ1) is 15.2. The largest absolute Gasteiger partial charge is 0.458 e. The minimum absolute atomic E-state index is 0.0466. The molecule has 0 saturated carbocycles. The summed E-state index contributed by atoms with van der Waals surface area (Å²) in [7, 11) is 0. The molecule has 1 aliphatic heterocycles. The average Bonchev–Trinajstić information content (AvgIpc) is 2.96. The Labute approximate surface area is 137 Å². The lowest BCUT2D eigenvalue weighted by Gasteiger charge is -2.31. The van der Waals surface area contributed by atoms with Gasteiger partial charge in [0, 0.05) is 11.9 Å². The number of thiazole rings is 1. The van der Waals surface area contributed by atoms with Crippen molar-refractivity contribution < 1.29 is 9.53 Å². The first-order valence-electron chi connectivity index (χ1n) is 6.97. The molecule has 3 heterocycles. The summed E-state index contributed by atoms with van der Waals surface area (Å²) in [5.41, 5.74) is 0.505. The Hall–Kier alpha value is -1.73. The number of aryl methyl sites for hydroxylation is 1. The number of nitrogens with zero attached hydrogens (tertiary/aromatic N) is 4. The molecular weight excluding hydrogens is 324 g/mol. The molecule has 1 atom stereocenters. The van der Waals surface area contributed by atoms with Crippen molar-refractivity contribution in [2.45, 2.75) is 25.9 Å². The summed E-state index contributed by atoms with van der Waals surface area (Å²) in [4.78, 5) is 26.5. The van der Waals surface area contributed by atoms with Gasteiger partial charge in [-0.2, -0.15) is 0 Å². The van der Waals surface area contributed by atoms with Gasteiger partial charge in [0.15, 0.2) is 0 Å². The molecule has 1 saturated heterocycles. The minimum atomic E-state index is -0.112. The van der Waals surface area contributed by atoms with Gasteiger partial charge >= 0.3 is 6.01 Å². The summed E-state index contributed by atoms with van der Waals surface area (Å²) in [5.74, 6) is -0.0466. The predicted molar refractivity (Wildman–Crippen MR) is 83.4 cm³/mol. The Balaban J connectivity index is 1.63. The van der Waals surface area contributed by atoms with Crippen LogP contribution in [0.15, 0.2) is 17.8 Å². The summed E-state index contributed by atoms with van der Waals surface area (Å²) in [6.07, 6.45) is 4.62. The average molecular weight is 339 g/mol. The highest BCUT2D eigenvalue weighted by atomic mass is 35.5. The number of halogens is 1. The van der Waals surface area contributed by atoms with E-state index >= 15 is 0 Å². The Bertz CT molecular complexity index is 661. The van der Waals surface area contributed by atoms with Crippen molar-refractivity contribution in [3.05, 3.63) is 33.5 Å². The molecule has 1 amide bonds. The van der Waals surface area contributed by atoms with Gasteiger partial charge < -0.3 is 9.64 Å². The Kier molecular flexibility index (Phi) is 4.54. The van der Waals surface area contributed by atoms with E-state index in [1.165, 1.54) is 23.7 Å². The normalized spacial score (nSPS) is 18.3. The molecule has 2 aromatic rings. The zero-order valence-corrected chi connectivity index (χ0v) is 13.6. The zero-order valence-electron chi connectivity index (χ0n) is 12.0. The fourth-order valence-corrected chi connectivity index (χ4v) is 3.04. The number of ether oxygens (including phenoxy) is 1. The van der Waals surface area contributed by atoms with Crippen LogP contribution in [0.3, 0.4) is 0 Å². The summed E-state index contributed by atoms with van der Waals surface area (Å²) in [6, 6.07) is 0.285. The number of amides is 1. The van der Waals surface area contributed by atoms with Crippen molar-refractivity contribution in [1.29, 1.82) is 0 Å². The molecule has 0 spiro atoms. The van der Waals surface area contributed by atoms with Crippen LogP contribution in [0, 0.1) is 6.92 Å². The van der Waals surface area contributed by atoms with Crippen LogP contribution in [0.1, 0.15) is 28.3 Å². The first-order valence-corrected chi connectivity index (χ1v) is 8.23. The monoisotopic (exact) mass is 338 g/mol. The van der Waals surface area contributed by atoms with Gasteiger partial charge in [-0.3, -0.25) is 4.79 Å². The van der Waals surface area contributed by atoms with Crippen molar-refractivity contribution in [2.24, 2.45) is 0 Å². The second-order valence-corrected chi connectivity index (χ2v) is 6.57.